The minimum atomic E-state index is -0.425. The van der Waals surface area contributed by atoms with E-state index in [1.54, 1.807) is 17.7 Å². The number of nitrogens with zero attached hydrogens (tertiary/aromatic N) is 2. The lowest BCUT2D eigenvalue weighted by Gasteiger charge is -2.13. The van der Waals surface area contributed by atoms with Crippen LogP contribution in [0.1, 0.15) is 21.6 Å². The van der Waals surface area contributed by atoms with Crippen LogP contribution in [0.4, 0.5) is 0 Å². The SMILES string of the molecule is COc1ccc2c(CSc3nc4sc(C)c(C)c4c(=O)n3Cc3ccccc3)cc(=O)oc2c1. The van der Waals surface area contributed by atoms with Gasteiger partial charge in [-0.05, 0) is 42.7 Å². The van der Waals surface area contributed by atoms with Crippen LogP contribution in [0, 0.1) is 13.8 Å². The largest absolute Gasteiger partial charge is 0.497 e. The maximum absolute atomic E-state index is 13.6. The van der Waals surface area contributed by atoms with Gasteiger partial charge in [0.2, 0.25) is 0 Å². The fourth-order valence-corrected chi connectivity index (χ4v) is 5.98. The summed E-state index contributed by atoms with van der Waals surface area (Å²) in [7, 11) is 1.57. The predicted octanol–water partition coefficient (Wildman–Crippen LogP) is 5.53. The van der Waals surface area contributed by atoms with E-state index in [4.69, 9.17) is 14.1 Å². The van der Waals surface area contributed by atoms with Gasteiger partial charge < -0.3 is 9.15 Å². The number of fused-ring (bicyclic) bond motifs is 2. The van der Waals surface area contributed by atoms with Gasteiger partial charge >= 0.3 is 5.63 Å². The number of benzene rings is 2. The first-order valence-electron chi connectivity index (χ1n) is 10.7. The van der Waals surface area contributed by atoms with E-state index in [2.05, 4.69) is 0 Å². The van der Waals surface area contributed by atoms with E-state index < -0.39 is 5.63 Å². The minimum absolute atomic E-state index is 0.0413. The van der Waals surface area contributed by atoms with Gasteiger partial charge in [0.1, 0.15) is 16.2 Å². The molecule has 2 aromatic carbocycles. The molecule has 5 rings (SSSR count). The van der Waals surface area contributed by atoms with Crippen LogP contribution in [0.25, 0.3) is 21.2 Å². The molecule has 0 radical (unpaired) electrons. The molecular formula is C26H22N2O4S2. The van der Waals surface area contributed by atoms with Crippen LogP contribution in [0.15, 0.2) is 73.8 Å². The minimum Gasteiger partial charge on any atom is -0.497 e. The highest BCUT2D eigenvalue weighted by Gasteiger charge is 2.18. The van der Waals surface area contributed by atoms with Crippen LogP contribution in [0.3, 0.4) is 0 Å². The molecule has 0 atom stereocenters. The molecule has 0 saturated carbocycles. The van der Waals surface area contributed by atoms with E-state index in [1.807, 2.05) is 56.3 Å². The molecule has 8 heteroatoms. The Bertz CT molecular complexity index is 1630. The molecule has 0 saturated heterocycles. The van der Waals surface area contributed by atoms with E-state index in [9.17, 15) is 9.59 Å². The number of ether oxygens (including phenoxy) is 1. The Morgan fingerprint density at radius 1 is 1.09 bits per heavy atom. The molecule has 5 aromatic rings. The lowest BCUT2D eigenvalue weighted by atomic mass is 10.1. The number of hydrogen-bond acceptors (Lipinski definition) is 7. The van der Waals surface area contributed by atoms with Crippen molar-refractivity contribution in [2.24, 2.45) is 0 Å². The lowest BCUT2D eigenvalue weighted by molar-refractivity contribution is 0.414. The monoisotopic (exact) mass is 490 g/mol. The smallest absolute Gasteiger partial charge is 0.336 e. The third kappa shape index (κ3) is 4.15. The van der Waals surface area contributed by atoms with Crippen LogP contribution < -0.4 is 15.9 Å². The third-order valence-electron chi connectivity index (χ3n) is 5.83. The second kappa shape index (κ2) is 9.12. The highest BCUT2D eigenvalue weighted by Crippen LogP contribution is 2.31. The van der Waals surface area contributed by atoms with Gasteiger partial charge in [-0.1, -0.05) is 42.1 Å². The van der Waals surface area contributed by atoms with E-state index in [0.29, 0.717) is 34.2 Å². The molecule has 0 aliphatic heterocycles. The van der Waals surface area contributed by atoms with Gasteiger partial charge in [-0.3, -0.25) is 9.36 Å². The van der Waals surface area contributed by atoms with Crippen molar-refractivity contribution in [1.82, 2.24) is 9.55 Å². The number of thiophene rings is 1. The topological polar surface area (TPSA) is 74.3 Å². The second-order valence-electron chi connectivity index (χ2n) is 7.98. The molecule has 0 amide bonds. The van der Waals surface area contributed by atoms with E-state index in [-0.39, 0.29) is 5.56 Å². The highest BCUT2D eigenvalue weighted by atomic mass is 32.2. The summed E-state index contributed by atoms with van der Waals surface area (Å²) in [4.78, 5) is 32.5. The fraction of sp³-hybridized carbons (Fsp3) is 0.192. The van der Waals surface area contributed by atoms with Crippen LogP contribution in [0.2, 0.25) is 0 Å². The summed E-state index contributed by atoms with van der Waals surface area (Å²) in [5.41, 5.74) is 2.83. The van der Waals surface area contributed by atoms with E-state index in [1.165, 1.54) is 29.2 Å². The summed E-state index contributed by atoms with van der Waals surface area (Å²) in [6.45, 7) is 4.41. The molecular weight excluding hydrogens is 468 g/mol. The average Bonchev–Trinajstić information content (AvgIpc) is 3.12. The molecule has 34 heavy (non-hydrogen) atoms. The summed E-state index contributed by atoms with van der Waals surface area (Å²) in [6, 6.07) is 16.8. The predicted molar refractivity (Wildman–Crippen MR) is 137 cm³/mol. The molecule has 0 aliphatic carbocycles. The standard InChI is InChI=1S/C26H22N2O4S2/c1-15-16(2)34-24-23(15)25(30)28(13-17-7-5-4-6-8-17)26(27-24)33-14-18-11-22(29)32-21-12-19(31-3)9-10-20(18)21/h4-12H,13-14H2,1-3H3. The molecule has 3 aromatic heterocycles. The summed E-state index contributed by atoms with van der Waals surface area (Å²) < 4.78 is 12.4. The zero-order chi connectivity index (χ0) is 23.8. The molecule has 0 aliphatic rings. The summed E-state index contributed by atoms with van der Waals surface area (Å²) in [5, 5.41) is 2.13. The van der Waals surface area contributed by atoms with Crippen molar-refractivity contribution in [2.45, 2.75) is 31.3 Å². The van der Waals surface area contributed by atoms with Gasteiger partial charge in [0.25, 0.3) is 5.56 Å². The number of aromatic nitrogens is 2. The van der Waals surface area contributed by atoms with Crippen molar-refractivity contribution in [3.8, 4) is 5.75 Å². The Balaban J connectivity index is 1.59. The first kappa shape index (κ1) is 22.4. The van der Waals surface area contributed by atoms with Gasteiger partial charge in [-0.15, -0.1) is 11.3 Å². The Morgan fingerprint density at radius 3 is 2.65 bits per heavy atom. The maximum Gasteiger partial charge on any atom is 0.336 e. The summed E-state index contributed by atoms with van der Waals surface area (Å²) in [6.07, 6.45) is 0. The van der Waals surface area contributed by atoms with Gasteiger partial charge in [0.05, 0.1) is 19.0 Å². The van der Waals surface area contributed by atoms with Crippen LogP contribution in [0.5, 0.6) is 5.75 Å². The number of methoxy groups -OCH3 is 1. The normalized spacial score (nSPS) is 11.4. The number of rotatable bonds is 6. The molecule has 0 unspecified atom stereocenters. The fourth-order valence-electron chi connectivity index (χ4n) is 3.92. The maximum atomic E-state index is 13.6. The molecule has 6 nitrogen and oxygen atoms in total. The van der Waals surface area contributed by atoms with Gasteiger partial charge in [-0.25, -0.2) is 9.78 Å². The Labute approximate surface area is 203 Å². The average molecular weight is 491 g/mol. The molecule has 0 bridgehead atoms. The number of hydrogen-bond donors (Lipinski definition) is 0. The van der Waals surface area contributed by atoms with Crippen molar-refractivity contribution in [2.75, 3.05) is 7.11 Å². The van der Waals surface area contributed by atoms with Crippen molar-refractivity contribution < 1.29 is 9.15 Å². The van der Waals surface area contributed by atoms with Gasteiger partial charge in [0, 0.05) is 28.1 Å². The van der Waals surface area contributed by atoms with Crippen LogP contribution in [-0.4, -0.2) is 16.7 Å². The van der Waals surface area contributed by atoms with Gasteiger partial charge in [-0.2, -0.15) is 0 Å². The highest BCUT2D eigenvalue weighted by molar-refractivity contribution is 7.98. The quantitative estimate of drug-likeness (QED) is 0.177. The molecule has 0 spiro atoms. The lowest BCUT2D eigenvalue weighted by Crippen LogP contribution is -2.24. The Morgan fingerprint density at radius 2 is 1.88 bits per heavy atom. The zero-order valence-electron chi connectivity index (χ0n) is 19.0. The van der Waals surface area contributed by atoms with Crippen molar-refractivity contribution >= 4 is 44.3 Å². The number of aryl methyl sites for hydroxylation is 2. The van der Waals surface area contributed by atoms with Crippen molar-refractivity contribution in [1.29, 1.82) is 0 Å². The van der Waals surface area contributed by atoms with Gasteiger partial charge in [0.15, 0.2) is 5.16 Å². The van der Waals surface area contributed by atoms with Crippen LogP contribution in [-0.2, 0) is 12.3 Å². The van der Waals surface area contributed by atoms with Crippen molar-refractivity contribution in [3.05, 3.63) is 96.9 Å². The zero-order valence-corrected chi connectivity index (χ0v) is 20.6. The molecule has 0 N–H and O–H groups in total. The Kier molecular flexibility index (Phi) is 6.02. The third-order valence-corrected chi connectivity index (χ3v) is 7.96. The first-order valence-corrected chi connectivity index (χ1v) is 12.5. The Hall–Kier alpha value is -3.36. The molecule has 0 fully saturated rings. The van der Waals surface area contributed by atoms with E-state index >= 15 is 0 Å². The summed E-state index contributed by atoms with van der Waals surface area (Å²) in [5.74, 6) is 1.08. The van der Waals surface area contributed by atoms with Crippen molar-refractivity contribution in [3.63, 3.8) is 0 Å². The molecule has 3 heterocycles. The summed E-state index contributed by atoms with van der Waals surface area (Å²) >= 11 is 2.98. The van der Waals surface area contributed by atoms with Crippen LogP contribution >= 0.6 is 23.1 Å². The first-order chi connectivity index (χ1) is 16.4. The number of thioether (sulfide) groups is 1. The molecule has 172 valence electrons. The second-order valence-corrected chi connectivity index (χ2v) is 10.1. The van der Waals surface area contributed by atoms with E-state index in [0.717, 1.165) is 31.8 Å².